The van der Waals surface area contributed by atoms with Crippen LogP contribution in [0.5, 0.6) is 0 Å². The maximum Gasteiger partial charge on any atom is 0.257 e. The Hall–Kier alpha value is -2.03. The number of nitrogen functional groups attached to an aromatic ring is 1. The predicted octanol–water partition coefficient (Wildman–Crippen LogP) is 4.98. The normalized spacial score (nSPS) is 11.1. The first-order chi connectivity index (χ1) is 12.3. The van der Waals surface area contributed by atoms with Crippen molar-refractivity contribution in [3.05, 3.63) is 53.9 Å². The van der Waals surface area contributed by atoms with E-state index in [1.807, 2.05) is 0 Å². The van der Waals surface area contributed by atoms with Crippen LogP contribution in [0.2, 0.25) is 0 Å². The first-order valence-electron chi connectivity index (χ1n) is 8.02. The van der Waals surface area contributed by atoms with E-state index in [0.29, 0.717) is 28.0 Å². The van der Waals surface area contributed by atoms with Gasteiger partial charge in [0.2, 0.25) is 5.89 Å². The van der Waals surface area contributed by atoms with Gasteiger partial charge in [-0.05, 0) is 18.2 Å². The Kier molecular flexibility index (Phi) is 6.91. The number of carbonyl (C=O) groups is 1. The Morgan fingerprint density at radius 3 is 2.74 bits per heavy atom. The molecule has 1 amide bonds. The van der Waals surface area contributed by atoms with Crippen molar-refractivity contribution in [2.45, 2.75) is 36.1 Å². The van der Waals surface area contributed by atoms with Gasteiger partial charge in [0.15, 0.2) is 5.13 Å². The van der Waals surface area contributed by atoms with Gasteiger partial charge < -0.3 is 10.2 Å². The van der Waals surface area contributed by atoms with Crippen LogP contribution in [0.15, 0.2) is 45.3 Å². The van der Waals surface area contributed by atoms with Gasteiger partial charge in [-0.15, -0.1) is 24.2 Å². The Bertz CT molecular complexity index is 918. The van der Waals surface area contributed by atoms with Crippen molar-refractivity contribution in [3.8, 4) is 0 Å². The molecule has 2 heterocycles. The second kappa shape index (κ2) is 8.77. The Balaban J connectivity index is 0.00000261. The minimum Gasteiger partial charge on any atom is -0.444 e. The van der Waals surface area contributed by atoms with Crippen molar-refractivity contribution in [1.29, 1.82) is 0 Å². The highest BCUT2D eigenvalue weighted by molar-refractivity contribution is 8.00. The lowest BCUT2D eigenvalue weighted by Gasteiger charge is -2.12. The van der Waals surface area contributed by atoms with E-state index in [2.05, 4.69) is 36.1 Å². The molecule has 0 aliphatic rings. The van der Waals surface area contributed by atoms with Crippen LogP contribution in [0.4, 0.5) is 10.8 Å². The number of amides is 1. The number of nitrogens with one attached hydrogen (secondary N) is 1. The number of benzene rings is 1. The molecule has 0 unspecified atom stereocenters. The lowest BCUT2D eigenvalue weighted by atomic mass is 9.94. The molecule has 2 aromatic heterocycles. The number of anilines is 2. The highest BCUT2D eigenvalue weighted by Crippen LogP contribution is 2.32. The Morgan fingerprint density at radius 1 is 1.30 bits per heavy atom. The minimum atomic E-state index is -0.231. The zero-order valence-corrected chi connectivity index (χ0v) is 17.6. The van der Waals surface area contributed by atoms with Crippen LogP contribution >= 0.6 is 35.5 Å². The molecule has 0 atom stereocenters. The van der Waals surface area contributed by atoms with Crippen molar-refractivity contribution < 1.29 is 9.21 Å². The molecule has 27 heavy (non-hydrogen) atoms. The van der Waals surface area contributed by atoms with Gasteiger partial charge in [-0.25, -0.2) is 9.97 Å². The summed E-state index contributed by atoms with van der Waals surface area (Å²) in [4.78, 5) is 20.8. The summed E-state index contributed by atoms with van der Waals surface area (Å²) >= 11 is 2.98. The number of nitrogens with zero attached hydrogens (tertiary/aromatic N) is 2. The molecule has 9 heteroatoms. The molecular weight excluding hydrogens is 404 g/mol. The quantitative estimate of drug-likeness (QED) is 0.443. The van der Waals surface area contributed by atoms with Crippen molar-refractivity contribution in [1.82, 2.24) is 9.97 Å². The second-order valence-corrected chi connectivity index (χ2v) is 9.03. The van der Waals surface area contributed by atoms with Crippen molar-refractivity contribution >= 4 is 52.2 Å². The molecule has 6 nitrogen and oxygen atoms in total. The summed E-state index contributed by atoms with van der Waals surface area (Å²) in [7, 11) is 0. The van der Waals surface area contributed by atoms with Gasteiger partial charge in [-0.3, -0.25) is 10.1 Å². The average Bonchev–Trinajstić information content (AvgIpc) is 3.21. The average molecular weight is 425 g/mol. The summed E-state index contributed by atoms with van der Waals surface area (Å²) in [6.45, 7) is 6.26. The fraction of sp³-hybridized carbons (Fsp3) is 0.278. The third-order valence-electron chi connectivity index (χ3n) is 3.48. The van der Waals surface area contributed by atoms with Crippen LogP contribution in [-0.2, 0) is 11.2 Å². The van der Waals surface area contributed by atoms with Gasteiger partial charge in [0.05, 0.1) is 22.4 Å². The van der Waals surface area contributed by atoms with E-state index in [9.17, 15) is 4.79 Å². The van der Waals surface area contributed by atoms with Crippen molar-refractivity contribution in [2.75, 3.05) is 11.1 Å². The number of thioether (sulfide) groups is 1. The van der Waals surface area contributed by atoms with Crippen LogP contribution in [-0.4, -0.2) is 15.9 Å². The van der Waals surface area contributed by atoms with Crippen molar-refractivity contribution in [2.24, 2.45) is 0 Å². The fourth-order valence-corrected chi connectivity index (χ4v) is 3.81. The predicted molar refractivity (Wildman–Crippen MR) is 113 cm³/mol. The molecule has 0 radical (unpaired) electrons. The highest BCUT2D eigenvalue weighted by Gasteiger charge is 2.19. The molecule has 0 aliphatic heterocycles. The van der Waals surface area contributed by atoms with E-state index in [1.54, 1.807) is 48.4 Å². The SMILES string of the molecule is CC(C)(C)c1cnc(CSc2cnc(NC(=O)c3cccc(N)c3)s2)o1.Cl. The fourth-order valence-electron chi connectivity index (χ4n) is 2.09. The molecule has 3 rings (SSSR count). The third kappa shape index (κ3) is 5.72. The highest BCUT2D eigenvalue weighted by atomic mass is 35.5. The van der Waals surface area contributed by atoms with Crippen LogP contribution in [0.1, 0.15) is 42.8 Å². The zero-order valence-electron chi connectivity index (χ0n) is 15.2. The third-order valence-corrected chi connectivity index (χ3v) is 5.58. The monoisotopic (exact) mass is 424 g/mol. The number of hydrogen-bond donors (Lipinski definition) is 2. The Morgan fingerprint density at radius 2 is 2.07 bits per heavy atom. The number of thiazole rings is 1. The summed E-state index contributed by atoms with van der Waals surface area (Å²) < 4.78 is 6.76. The summed E-state index contributed by atoms with van der Waals surface area (Å²) in [5.41, 5.74) is 6.70. The first-order valence-corrected chi connectivity index (χ1v) is 9.82. The van der Waals surface area contributed by atoms with Gasteiger partial charge in [-0.1, -0.05) is 38.2 Å². The first kappa shape index (κ1) is 21.3. The summed E-state index contributed by atoms with van der Waals surface area (Å²) in [5.74, 6) is 1.93. The van der Waals surface area contributed by atoms with Gasteiger partial charge in [0, 0.05) is 16.7 Å². The van der Waals surface area contributed by atoms with E-state index in [1.165, 1.54) is 11.3 Å². The summed E-state index contributed by atoms with van der Waals surface area (Å²) in [5, 5.41) is 3.33. The van der Waals surface area contributed by atoms with Gasteiger partial charge in [0.25, 0.3) is 5.91 Å². The van der Waals surface area contributed by atoms with Crippen LogP contribution < -0.4 is 11.1 Å². The van der Waals surface area contributed by atoms with E-state index in [4.69, 9.17) is 10.2 Å². The number of oxazole rings is 1. The van der Waals surface area contributed by atoms with Crippen LogP contribution in [0.25, 0.3) is 0 Å². The number of hydrogen-bond acceptors (Lipinski definition) is 7. The molecule has 3 aromatic rings. The van der Waals surface area contributed by atoms with E-state index >= 15 is 0 Å². The number of carbonyl (C=O) groups excluding carboxylic acids is 1. The number of rotatable bonds is 5. The molecular formula is C18H21ClN4O2S2. The second-order valence-electron chi connectivity index (χ2n) is 6.72. The van der Waals surface area contributed by atoms with Gasteiger partial charge in [0.1, 0.15) is 5.76 Å². The maximum absolute atomic E-state index is 12.2. The molecule has 0 bridgehead atoms. The van der Waals surface area contributed by atoms with E-state index < -0.39 is 0 Å². The number of halogens is 1. The molecule has 0 spiro atoms. The molecule has 3 N–H and O–H groups in total. The summed E-state index contributed by atoms with van der Waals surface area (Å²) in [6.07, 6.45) is 3.51. The molecule has 144 valence electrons. The maximum atomic E-state index is 12.2. The summed E-state index contributed by atoms with van der Waals surface area (Å²) in [6, 6.07) is 6.83. The zero-order chi connectivity index (χ0) is 18.7. The molecule has 0 fully saturated rings. The van der Waals surface area contributed by atoms with Crippen LogP contribution in [0, 0.1) is 0 Å². The topological polar surface area (TPSA) is 94.0 Å². The Labute approximate surface area is 172 Å². The molecule has 0 saturated heterocycles. The van der Waals surface area contributed by atoms with E-state index in [-0.39, 0.29) is 23.7 Å². The van der Waals surface area contributed by atoms with E-state index in [0.717, 1.165) is 9.97 Å². The standard InChI is InChI=1S/C18H20N4O2S2.ClH/c1-18(2,3)13-8-20-14(24-13)10-25-15-9-21-17(26-15)22-16(23)11-5-4-6-12(19)7-11;/h4-9H,10,19H2,1-3H3,(H,21,22,23);1H. The molecule has 0 saturated carbocycles. The molecule has 0 aliphatic carbocycles. The number of nitrogens with two attached hydrogens (primary N) is 1. The van der Waals surface area contributed by atoms with Crippen LogP contribution in [0.3, 0.4) is 0 Å². The number of aromatic nitrogens is 2. The largest absolute Gasteiger partial charge is 0.444 e. The van der Waals surface area contributed by atoms with Gasteiger partial charge in [-0.2, -0.15) is 0 Å². The molecule has 1 aromatic carbocycles. The van der Waals surface area contributed by atoms with Crippen molar-refractivity contribution in [3.63, 3.8) is 0 Å². The lowest BCUT2D eigenvalue weighted by Crippen LogP contribution is -2.11. The minimum absolute atomic E-state index is 0. The smallest absolute Gasteiger partial charge is 0.257 e. The lowest BCUT2D eigenvalue weighted by molar-refractivity contribution is 0.102. The van der Waals surface area contributed by atoms with Gasteiger partial charge >= 0.3 is 0 Å².